The molecule has 1 atom stereocenters. The van der Waals surface area contributed by atoms with Crippen LogP contribution in [0.2, 0.25) is 0 Å². The number of hydrogen-bond acceptors (Lipinski definition) is 3. The average molecular weight is 221 g/mol. The Morgan fingerprint density at radius 3 is 3.00 bits per heavy atom. The van der Waals surface area contributed by atoms with Crippen LogP contribution >= 0.6 is 0 Å². The number of carbonyl (C=O) groups is 1. The molecule has 1 aromatic heterocycles. The van der Waals surface area contributed by atoms with E-state index in [-0.39, 0.29) is 12.3 Å². The summed E-state index contributed by atoms with van der Waals surface area (Å²) < 4.78 is 5.29. The van der Waals surface area contributed by atoms with Gasteiger partial charge in [0.2, 0.25) is 0 Å². The number of aromatic nitrogens is 1. The maximum Gasteiger partial charge on any atom is 0.317 e. The van der Waals surface area contributed by atoms with Crippen molar-refractivity contribution in [2.45, 2.75) is 25.6 Å². The van der Waals surface area contributed by atoms with Crippen molar-refractivity contribution in [3.8, 4) is 0 Å². The molecule has 0 aliphatic carbocycles. The molecule has 0 aromatic carbocycles. The van der Waals surface area contributed by atoms with Gasteiger partial charge < -0.3 is 15.4 Å². The number of ether oxygens (including phenoxy) is 1. The SMILES string of the molecule is O=C(NCc1ccncc1)NC1CCCO1. The number of hydrogen-bond donors (Lipinski definition) is 2. The summed E-state index contributed by atoms with van der Waals surface area (Å²) in [5.74, 6) is 0. The van der Waals surface area contributed by atoms with Crippen LogP contribution in [0.1, 0.15) is 18.4 Å². The molecule has 5 heteroatoms. The number of carbonyl (C=O) groups excluding carboxylic acids is 1. The van der Waals surface area contributed by atoms with Gasteiger partial charge in [0.05, 0.1) is 0 Å². The van der Waals surface area contributed by atoms with Crippen LogP contribution in [0.4, 0.5) is 4.79 Å². The Morgan fingerprint density at radius 2 is 2.31 bits per heavy atom. The van der Waals surface area contributed by atoms with Crippen molar-refractivity contribution in [2.75, 3.05) is 6.61 Å². The van der Waals surface area contributed by atoms with Crippen molar-refractivity contribution in [1.82, 2.24) is 15.6 Å². The van der Waals surface area contributed by atoms with E-state index >= 15 is 0 Å². The zero-order valence-corrected chi connectivity index (χ0v) is 8.98. The van der Waals surface area contributed by atoms with Gasteiger partial charge in [0.15, 0.2) is 0 Å². The lowest BCUT2D eigenvalue weighted by atomic mass is 10.3. The van der Waals surface area contributed by atoms with E-state index in [9.17, 15) is 4.79 Å². The summed E-state index contributed by atoms with van der Waals surface area (Å²) in [4.78, 5) is 15.4. The standard InChI is InChI=1S/C11H15N3O2/c15-11(14-10-2-1-7-16-10)13-8-9-3-5-12-6-4-9/h3-6,10H,1-2,7-8H2,(H2,13,14,15). The van der Waals surface area contributed by atoms with E-state index in [4.69, 9.17) is 4.74 Å². The fraction of sp³-hybridized carbons (Fsp3) is 0.455. The van der Waals surface area contributed by atoms with Gasteiger partial charge in [-0.3, -0.25) is 4.98 Å². The van der Waals surface area contributed by atoms with Crippen LogP contribution in [-0.2, 0) is 11.3 Å². The van der Waals surface area contributed by atoms with Crippen molar-refractivity contribution in [2.24, 2.45) is 0 Å². The van der Waals surface area contributed by atoms with E-state index in [0.29, 0.717) is 6.54 Å². The molecule has 0 bridgehead atoms. The van der Waals surface area contributed by atoms with E-state index in [2.05, 4.69) is 15.6 Å². The zero-order chi connectivity index (χ0) is 11.2. The molecule has 2 heterocycles. The molecule has 2 N–H and O–H groups in total. The van der Waals surface area contributed by atoms with Crippen molar-refractivity contribution < 1.29 is 9.53 Å². The molecular weight excluding hydrogens is 206 g/mol. The van der Waals surface area contributed by atoms with Gasteiger partial charge in [-0.25, -0.2) is 4.79 Å². The Bertz CT molecular complexity index is 336. The summed E-state index contributed by atoms with van der Waals surface area (Å²) in [7, 11) is 0. The van der Waals surface area contributed by atoms with Gasteiger partial charge in [-0.1, -0.05) is 0 Å². The molecule has 1 fully saturated rings. The molecule has 1 unspecified atom stereocenters. The van der Waals surface area contributed by atoms with Crippen LogP contribution in [0.15, 0.2) is 24.5 Å². The fourth-order valence-corrected chi connectivity index (χ4v) is 1.57. The van der Waals surface area contributed by atoms with Crippen LogP contribution in [0.5, 0.6) is 0 Å². The summed E-state index contributed by atoms with van der Waals surface area (Å²) in [6.45, 7) is 1.23. The average Bonchev–Trinajstić information content (AvgIpc) is 2.81. The number of urea groups is 1. The number of rotatable bonds is 3. The summed E-state index contributed by atoms with van der Waals surface area (Å²) in [5.41, 5.74) is 1.03. The predicted octanol–water partition coefficient (Wildman–Crippen LogP) is 1.02. The van der Waals surface area contributed by atoms with E-state index in [1.807, 2.05) is 12.1 Å². The highest BCUT2D eigenvalue weighted by atomic mass is 16.5. The van der Waals surface area contributed by atoms with Gasteiger partial charge in [0, 0.05) is 25.5 Å². The highest BCUT2D eigenvalue weighted by Crippen LogP contribution is 2.08. The summed E-state index contributed by atoms with van der Waals surface area (Å²) >= 11 is 0. The van der Waals surface area contributed by atoms with Gasteiger partial charge in [0.25, 0.3) is 0 Å². The number of amides is 2. The third-order valence-electron chi connectivity index (χ3n) is 2.42. The molecular formula is C11H15N3O2. The van der Waals surface area contributed by atoms with Gasteiger partial charge >= 0.3 is 6.03 Å². The van der Waals surface area contributed by atoms with Crippen LogP contribution in [0.25, 0.3) is 0 Å². The molecule has 16 heavy (non-hydrogen) atoms. The Morgan fingerprint density at radius 1 is 1.50 bits per heavy atom. The topological polar surface area (TPSA) is 63.2 Å². The third-order valence-corrected chi connectivity index (χ3v) is 2.42. The summed E-state index contributed by atoms with van der Waals surface area (Å²) in [6.07, 6.45) is 5.18. The van der Waals surface area contributed by atoms with Crippen molar-refractivity contribution in [1.29, 1.82) is 0 Å². The molecule has 2 amide bonds. The maximum absolute atomic E-state index is 11.5. The molecule has 1 aliphatic heterocycles. The van der Waals surface area contributed by atoms with Crippen molar-refractivity contribution in [3.05, 3.63) is 30.1 Å². The van der Waals surface area contributed by atoms with Crippen LogP contribution in [0.3, 0.4) is 0 Å². The van der Waals surface area contributed by atoms with E-state index < -0.39 is 0 Å². The Labute approximate surface area is 94.2 Å². The minimum absolute atomic E-state index is 0.127. The molecule has 0 radical (unpaired) electrons. The molecule has 0 spiro atoms. The number of pyridine rings is 1. The van der Waals surface area contributed by atoms with Crippen LogP contribution in [-0.4, -0.2) is 23.8 Å². The lowest BCUT2D eigenvalue weighted by molar-refractivity contribution is 0.0907. The van der Waals surface area contributed by atoms with Gasteiger partial charge in [0.1, 0.15) is 6.23 Å². The largest absolute Gasteiger partial charge is 0.358 e. The van der Waals surface area contributed by atoms with E-state index in [0.717, 1.165) is 25.0 Å². The Kier molecular flexibility index (Phi) is 3.71. The molecule has 1 aliphatic rings. The quantitative estimate of drug-likeness (QED) is 0.801. The minimum Gasteiger partial charge on any atom is -0.358 e. The molecule has 2 rings (SSSR count). The Hall–Kier alpha value is -1.62. The monoisotopic (exact) mass is 221 g/mol. The first-order valence-electron chi connectivity index (χ1n) is 5.39. The van der Waals surface area contributed by atoms with E-state index in [1.165, 1.54) is 0 Å². The first-order chi connectivity index (χ1) is 7.84. The minimum atomic E-state index is -0.191. The molecule has 1 aromatic rings. The second-order valence-electron chi connectivity index (χ2n) is 3.68. The lowest BCUT2D eigenvalue weighted by Gasteiger charge is -2.12. The van der Waals surface area contributed by atoms with Crippen molar-refractivity contribution >= 4 is 6.03 Å². The smallest absolute Gasteiger partial charge is 0.317 e. The van der Waals surface area contributed by atoms with E-state index in [1.54, 1.807) is 12.4 Å². The predicted molar refractivity (Wildman–Crippen MR) is 58.6 cm³/mol. The second-order valence-corrected chi connectivity index (χ2v) is 3.68. The molecule has 1 saturated heterocycles. The first-order valence-corrected chi connectivity index (χ1v) is 5.39. The highest BCUT2D eigenvalue weighted by Gasteiger charge is 2.16. The molecule has 0 saturated carbocycles. The first kappa shape index (κ1) is 10.9. The third kappa shape index (κ3) is 3.20. The number of nitrogens with zero attached hydrogens (tertiary/aromatic N) is 1. The normalized spacial score (nSPS) is 19.4. The zero-order valence-electron chi connectivity index (χ0n) is 8.98. The summed E-state index contributed by atoms with van der Waals surface area (Å²) in [6, 6.07) is 3.54. The highest BCUT2D eigenvalue weighted by molar-refractivity contribution is 5.74. The van der Waals surface area contributed by atoms with Crippen LogP contribution < -0.4 is 10.6 Å². The number of nitrogens with one attached hydrogen (secondary N) is 2. The van der Waals surface area contributed by atoms with Crippen molar-refractivity contribution in [3.63, 3.8) is 0 Å². The van der Waals surface area contributed by atoms with Gasteiger partial charge in [-0.05, 0) is 30.5 Å². The van der Waals surface area contributed by atoms with Crippen LogP contribution in [0, 0.1) is 0 Å². The maximum atomic E-state index is 11.5. The van der Waals surface area contributed by atoms with Gasteiger partial charge in [-0.2, -0.15) is 0 Å². The van der Waals surface area contributed by atoms with Gasteiger partial charge in [-0.15, -0.1) is 0 Å². The summed E-state index contributed by atoms with van der Waals surface area (Å²) in [5, 5.41) is 5.53. The lowest BCUT2D eigenvalue weighted by Crippen LogP contribution is -2.41. The molecule has 5 nitrogen and oxygen atoms in total. The Balaban J connectivity index is 1.71. The molecule has 86 valence electrons. The second kappa shape index (κ2) is 5.46. The fourth-order valence-electron chi connectivity index (χ4n) is 1.57.